The molecule has 0 atom stereocenters. The molecule has 1 amide bonds. The molecule has 7 nitrogen and oxygen atoms in total. The van der Waals surface area contributed by atoms with Crippen LogP contribution < -0.4 is 14.8 Å². The smallest absolute Gasteiger partial charge is 0.251 e. The highest BCUT2D eigenvalue weighted by Gasteiger charge is 2.12. The van der Waals surface area contributed by atoms with E-state index >= 15 is 0 Å². The molecule has 152 valence electrons. The summed E-state index contributed by atoms with van der Waals surface area (Å²) in [4.78, 5) is 20.5. The van der Waals surface area contributed by atoms with Crippen LogP contribution in [-0.4, -0.2) is 33.6 Å². The highest BCUT2D eigenvalue weighted by atomic mass is 16.5. The van der Waals surface area contributed by atoms with Gasteiger partial charge in [0.1, 0.15) is 6.61 Å². The molecule has 3 aromatic rings. The summed E-state index contributed by atoms with van der Waals surface area (Å²) in [6.07, 6.45) is 10.8. The molecule has 0 fully saturated rings. The minimum absolute atomic E-state index is 0.116. The van der Waals surface area contributed by atoms with E-state index in [0.717, 1.165) is 24.9 Å². The number of imidazole rings is 1. The standard InChI is InChI=1S/C22H26N4O3/c1-2-28-21-15-19(5-6-20(21)29-16-18-7-10-23-11-8-18)22(27)25-9-3-4-13-26-14-12-24-17-26/h5-8,10-12,14-15,17H,2-4,9,13,16H2,1H3,(H,25,27). The molecule has 0 aliphatic rings. The molecule has 0 aliphatic carbocycles. The molecular formula is C22H26N4O3. The Kier molecular flexibility index (Phi) is 7.63. The number of pyridine rings is 1. The van der Waals surface area contributed by atoms with Crippen molar-refractivity contribution in [1.82, 2.24) is 19.9 Å². The highest BCUT2D eigenvalue weighted by molar-refractivity contribution is 5.94. The molecule has 0 spiro atoms. The minimum atomic E-state index is -0.116. The van der Waals surface area contributed by atoms with Crippen molar-refractivity contribution >= 4 is 5.91 Å². The van der Waals surface area contributed by atoms with Crippen LogP contribution in [0.25, 0.3) is 0 Å². The van der Waals surface area contributed by atoms with E-state index in [1.165, 1.54) is 0 Å². The van der Waals surface area contributed by atoms with Gasteiger partial charge in [-0.05, 0) is 55.7 Å². The van der Waals surface area contributed by atoms with Gasteiger partial charge in [0.25, 0.3) is 5.91 Å². The number of hydrogen-bond donors (Lipinski definition) is 1. The summed E-state index contributed by atoms with van der Waals surface area (Å²) in [6, 6.07) is 9.06. The van der Waals surface area contributed by atoms with Crippen molar-refractivity contribution in [3.05, 3.63) is 72.6 Å². The number of rotatable bonds is 11. The van der Waals surface area contributed by atoms with Crippen LogP contribution in [0.5, 0.6) is 11.5 Å². The van der Waals surface area contributed by atoms with E-state index in [0.29, 0.717) is 36.8 Å². The fourth-order valence-corrected chi connectivity index (χ4v) is 2.82. The summed E-state index contributed by atoms with van der Waals surface area (Å²) in [5.74, 6) is 1.06. The molecule has 0 radical (unpaired) electrons. The largest absolute Gasteiger partial charge is 0.490 e. The number of nitrogens with one attached hydrogen (secondary N) is 1. The summed E-state index contributed by atoms with van der Waals surface area (Å²) < 4.78 is 13.6. The van der Waals surface area contributed by atoms with Crippen LogP contribution in [0.4, 0.5) is 0 Å². The molecule has 2 heterocycles. The predicted molar refractivity (Wildman–Crippen MR) is 110 cm³/mol. The lowest BCUT2D eigenvalue weighted by atomic mass is 10.2. The topological polar surface area (TPSA) is 78.3 Å². The first kappa shape index (κ1) is 20.4. The lowest BCUT2D eigenvalue weighted by Gasteiger charge is -2.13. The number of ether oxygens (including phenoxy) is 2. The van der Waals surface area contributed by atoms with Crippen LogP contribution in [0.15, 0.2) is 61.4 Å². The van der Waals surface area contributed by atoms with Gasteiger partial charge in [0, 0.05) is 43.4 Å². The normalized spacial score (nSPS) is 10.5. The van der Waals surface area contributed by atoms with Gasteiger partial charge in [-0.15, -0.1) is 0 Å². The number of amides is 1. The quantitative estimate of drug-likeness (QED) is 0.504. The summed E-state index contributed by atoms with van der Waals surface area (Å²) in [5.41, 5.74) is 1.57. The van der Waals surface area contributed by atoms with Crippen molar-refractivity contribution in [2.45, 2.75) is 32.9 Å². The second-order valence-corrected chi connectivity index (χ2v) is 6.50. The molecule has 1 aromatic carbocycles. The van der Waals surface area contributed by atoms with Crippen molar-refractivity contribution in [2.75, 3.05) is 13.2 Å². The molecule has 0 saturated heterocycles. The highest BCUT2D eigenvalue weighted by Crippen LogP contribution is 2.29. The summed E-state index contributed by atoms with van der Waals surface area (Å²) >= 11 is 0. The van der Waals surface area contributed by atoms with Gasteiger partial charge in [-0.2, -0.15) is 0 Å². The third-order valence-corrected chi connectivity index (χ3v) is 4.34. The van der Waals surface area contributed by atoms with Gasteiger partial charge in [0.2, 0.25) is 0 Å². The number of aromatic nitrogens is 3. The molecule has 0 unspecified atom stereocenters. The van der Waals surface area contributed by atoms with Gasteiger partial charge in [0.15, 0.2) is 11.5 Å². The first-order chi connectivity index (χ1) is 14.3. The Morgan fingerprint density at radius 2 is 1.90 bits per heavy atom. The Hall–Kier alpha value is -3.35. The van der Waals surface area contributed by atoms with E-state index in [9.17, 15) is 4.79 Å². The molecule has 0 aliphatic heterocycles. The number of carbonyl (C=O) groups excluding carboxylic acids is 1. The maximum Gasteiger partial charge on any atom is 0.251 e. The van der Waals surface area contributed by atoms with Crippen molar-refractivity contribution in [1.29, 1.82) is 0 Å². The maximum atomic E-state index is 12.5. The molecule has 3 rings (SSSR count). The number of benzene rings is 1. The van der Waals surface area contributed by atoms with Gasteiger partial charge in [-0.3, -0.25) is 9.78 Å². The number of nitrogens with zero attached hydrogens (tertiary/aromatic N) is 3. The van der Waals surface area contributed by atoms with Gasteiger partial charge in [-0.25, -0.2) is 4.98 Å². The second kappa shape index (κ2) is 10.8. The van der Waals surface area contributed by atoms with Gasteiger partial charge < -0.3 is 19.4 Å². The Morgan fingerprint density at radius 3 is 2.66 bits per heavy atom. The zero-order valence-electron chi connectivity index (χ0n) is 16.6. The van der Waals surface area contributed by atoms with Crippen LogP contribution in [0.3, 0.4) is 0 Å². The summed E-state index contributed by atoms with van der Waals surface area (Å²) in [7, 11) is 0. The first-order valence-corrected chi connectivity index (χ1v) is 9.78. The Labute approximate surface area is 170 Å². The van der Waals surface area contributed by atoms with Crippen molar-refractivity contribution in [2.24, 2.45) is 0 Å². The molecule has 0 bridgehead atoms. The number of hydrogen-bond acceptors (Lipinski definition) is 5. The van der Waals surface area contributed by atoms with E-state index in [-0.39, 0.29) is 5.91 Å². The Morgan fingerprint density at radius 1 is 1.03 bits per heavy atom. The number of unbranched alkanes of at least 4 members (excludes halogenated alkanes) is 1. The van der Waals surface area contributed by atoms with Crippen molar-refractivity contribution in [3.63, 3.8) is 0 Å². The molecule has 7 heteroatoms. The average Bonchev–Trinajstić information content (AvgIpc) is 3.27. The molecular weight excluding hydrogens is 368 g/mol. The molecule has 2 aromatic heterocycles. The zero-order chi connectivity index (χ0) is 20.3. The fraction of sp³-hybridized carbons (Fsp3) is 0.318. The van der Waals surface area contributed by atoms with Gasteiger partial charge in [0.05, 0.1) is 12.9 Å². The fourth-order valence-electron chi connectivity index (χ4n) is 2.82. The van der Waals surface area contributed by atoms with Crippen molar-refractivity contribution in [3.8, 4) is 11.5 Å². The zero-order valence-corrected chi connectivity index (χ0v) is 16.6. The van der Waals surface area contributed by atoms with Crippen LogP contribution in [0.2, 0.25) is 0 Å². The van der Waals surface area contributed by atoms with Crippen LogP contribution in [-0.2, 0) is 13.2 Å². The first-order valence-electron chi connectivity index (χ1n) is 9.78. The predicted octanol–water partition coefficient (Wildman–Crippen LogP) is 3.47. The van der Waals surface area contributed by atoms with E-state index in [1.807, 2.05) is 29.8 Å². The summed E-state index contributed by atoms with van der Waals surface area (Å²) in [5, 5.41) is 2.96. The van der Waals surface area contributed by atoms with Crippen LogP contribution in [0.1, 0.15) is 35.7 Å². The van der Waals surface area contributed by atoms with E-state index < -0.39 is 0 Å². The second-order valence-electron chi connectivity index (χ2n) is 6.50. The van der Waals surface area contributed by atoms with E-state index in [1.54, 1.807) is 43.1 Å². The van der Waals surface area contributed by atoms with Crippen molar-refractivity contribution < 1.29 is 14.3 Å². The minimum Gasteiger partial charge on any atom is -0.490 e. The maximum absolute atomic E-state index is 12.5. The monoisotopic (exact) mass is 394 g/mol. The molecule has 1 N–H and O–H groups in total. The lowest BCUT2D eigenvalue weighted by molar-refractivity contribution is 0.0952. The van der Waals surface area contributed by atoms with Gasteiger partial charge in [-0.1, -0.05) is 0 Å². The third kappa shape index (κ3) is 6.34. The summed E-state index contributed by atoms with van der Waals surface area (Å²) in [6.45, 7) is 4.32. The number of aryl methyl sites for hydroxylation is 1. The molecule has 0 saturated carbocycles. The number of carbonyl (C=O) groups is 1. The third-order valence-electron chi connectivity index (χ3n) is 4.34. The van der Waals surface area contributed by atoms with E-state index in [4.69, 9.17) is 9.47 Å². The Bertz CT molecular complexity index is 882. The van der Waals surface area contributed by atoms with E-state index in [2.05, 4.69) is 15.3 Å². The average molecular weight is 394 g/mol. The van der Waals surface area contributed by atoms with Crippen LogP contribution >= 0.6 is 0 Å². The van der Waals surface area contributed by atoms with Crippen LogP contribution in [0, 0.1) is 0 Å². The molecule has 29 heavy (non-hydrogen) atoms. The lowest BCUT2D eigenvalue weighted by Crippen LogP contribution is -2.24. The van der Waals surface area contributed by atoms with Gasteiger partial charge >= 0.3 is 0 Å². The Balaban J connectivity index is 1.51. The SMILES string of the molecule is CCOc1cc(C(=O)NCCCCn2ccnc2)ccc1OCc1ccncc1.